The number of aliphatic hydroxyl groups excluding tert-OH is 1. The van der Waals surface area contributed by atoms with Crippen LogP contribution < -0.4 is 0 Å². The van der Waals surface area contributed by atoms with Gasteiger partial charge in [-0.1, -0.05) is 63.6 Å². The maximum absolute atomic E-state index is 10.3. The lowest BCUT2D eigenvalue weighted by molar-refractivity contribution is -0.0414. The van der Waals surface area contributed by atoms with E-state index in [4.69, 9.17) is 0 Å². The largest absolute Gasteiger partial charge is 0.393 e. The van der Waals surface area contributed by atoms with Gasteiger partial charge < -0.3 is 5.11 Å². The predicted octanol–water partition coefficient (Wildman–Crippen LogP) is 7.72. The van der Waals surface area contributed by atoms with Gasteiger partial charge in [-0.25, -0.2) is 0 Å². The smallest absolute Gasteiger partial charge is 0.0543 e. The van der Waals surface area contributed by atoms with Crippen LogP contribution in [0.4, 0.5) is 0 Å². The minimum absolute atomic E-state index is 0.0541. The van der Waals surface area contributed by atoms with Gasteiger partial charge in [0, 0.05) is 0 Å². The molecule has 30 heavy (non-hydrogen) atoms. The van der Waals surface area contributed by atoms with Crippen molar-refractivity contribution in [2.75, 3.05) is 0 Å². The molecule has 4 rings (SSSR count). The Hall–Kier alpha value is -0.820. The summed E-state index contributed by atoms with van der Waals surface area (Å²) in [5.41, 5.74) is 4.04. The van der Waals surface area contributed by atoms with Gasteiger partial charge in [-0.3, -0.25) is 0 Å². The van der Waals surface area contributed by atoms with E-state index in [1.807, 2.05) is 5.57 Å². The fourth-order valence-electron chi connectivity index (χ4n) is 8.49. The molecule has 4 aliphatic rings. The second-order valence-corrected chi connectivity index (χ2v) is 12.0. The highest BCUT2D eigenvalue weighted by atomic mass is 16.3. The van der Waals surface area contributed by atoms with E-state index < -0.39 is 0 Å². The second kappa shape index (κ2) is 8.27. The number of aliphatic hydroxyl groups is 1. The Kier molecular flexibility index (Phi) is 6.17. The maximum Gasteiger partial charge on any atom is 0.0543 e. The number of fused-ring (bicyclic) bond motifs is 5. The minimum atomic E-state index is -0.0541. The SMILES string of the molecule is C=C(C)[C@@H](/C=C/[C@@H](C)[C@H]1CC[C@H]2C3=CC[C@H]4C[C@@H](O)CC[C@]4(C)[C@H]3CC[C@]12C)CC. The first-order chi connectivity index (χ1) is 14.2. The van der Waals surface area contributed by atoms with Gasteiger partial charge in [0.1, 0.15) is 0 Å². The average molecular weight is 411 g/mol. The molecule has 0 aromatic carbocycles. The molecule has 1 heteroatoms. The first-order valence-electron chi connectivity index (χ1n) is 12.9. The Morgan fingerprint density at radius 2 is 1.83 bits per heavy atom. The summed E-state index contributed by atoms with van der Waals surface area (Å²) in [7, 11) is 0. The lowest BCUT2D eigenvalue weighted by Crippen LogP contribution is -2.49. The second-order valence-electron chi connectivity index (χ2n) is 12.0. The van der Waals surface area contributed by atoms with Crippen molar-refractivity contribution in [3.63, 3.8) is 0 Å². The molecule has 9 atom stereocenters. The molecule has 1 nitrogen and oxygen atoms in total. The molecule has 0 radical (unpaired) electrons. The summed E-state index contributed by atoms with van der Waals surface area (Å²) in [4.78, 5) is 0. The quantitative estimate of drug-likeness (QED) is 0.460. The summed E-state index contributed by atoms with van der Waals surface area (Å²) in [6.45, 7) is 16.3. The van der Waals surface area contributed by atoms with Crippen molar-refractivity contribution in [1.82, 2.24) is 0 Å². The number of hydrogen-bond donors (Lipinski definition) is 1. The normalized spacial score (nSPS) is 45.3. The number of hydrogen-bond acceptors (Lipinski definition) is 1. The molecule has 0 aliphatic heterocycles. The summed E-state index contributed by atoms with van der Waals surface area (Å²) < 4.78 is 0. The van der Waals surface area contributed by atoms with Crippen molar-refractivity contribution in [3.8, 4) is 0 Å². The van der Waals surface area contributed by atoms with Crippen LogP contribution in [-0.4, -0.2) is 11.2 Å². The highest BCUT2D eigenvalue weighted by Crippen LogP contribution is 2.66. The van der Waals surface area contributed by atoms with E-state index in [2.05, 4.69) is 59.4 Å². The maximum atomic E-state index is 10.3. The average Bonchev–Trinajstić information content (AvgIpc) is 3.06. The van der Waals surface area contributed by atoms with Crippen molar-refractivity contribution in [2.24, 2.45) is 46.3 Å². The monoisotopic (exact) mass is 410 g/mol. The van der Waals surface area contributed by atoms with Crippen molar-refractivity contribution in [2.45, 2.75) is 98.5 Å². The van der Waals surface area contributed by atoms with E-state index in [9.17, 15) is 5.11 Å². The third-order valence-electron chi connectivity index (χ3n) is 10.5. The molecular formula is C29H46O. The van der Waals surface area contributed by atoms with Gasteiger partial charge in [0.2, 0.25) is 0 Å². The highest BCUT2D eigenvalue weighted by Gasteiger charge is 2.57. The van der Waals surface area contributed by atoms with Gasteiger partial charge in [0.05, 0.1) is 6.10 Å². The lowest BCUT2D eigenvalue weighted by Gasteiger charge is -2.57. The zero-order valence-corrected chi connectivity index (χ0v) is 20.3. The topological polar surface area (TPSA) is 20.2 Å². The van der Waals surface area contributed by atoms with Crippen molar-refractivity contribution >= 4 is 0 Å². The molecule has 0 bridgehead atoms. The summed E-state index contributed by atoms with van der Waals surface area (Å²) in [5.74, 6) is 4.27. The standard InChI is InChI=1S/C29H46O/c1-7-21(19(2)3)9-8-20(4)25-12-13-26-24-11-10-22-18-23(30)14-16-28(22,5)27(24)15-17-29(25,26)6/h8-9,11,20-23,25-27,30H,2,7,10,12-18H2,1,3-6H3/b9-8+/t20-,21-,22+,23+,25-,26+,27+,28+,29-/m1/s1. The van der Waals surface area contributed by atoms with Crippen LogP contribution in [0.2, 0.25) is 0 Å². The summed E-state index contributed by atoms with van der Waals surface area (Å²) >= 11 is 0. The van der Waals surface area contributed by atoms with Gasteiger partial charge in [0.15, 0.2) is 0 Å². The Morgan fingerprint density at radius 3 is 2.53 bits per heavy atom. The fraction of sp³-hybridized carbons (Fsp3) is 0.793. The van der Waals surface area contributed by atoms with Crippen LogP contribution in [0, 0.1) is 46.3 Å². The van der Waals surface area contributed by atoms with Crippen molar-refractivity contribution < 1.29 is 5.11 Å². The van der Waals surface area contributed by atoms with Crippen LogP contribution in [-0.2, 0) is 0 Å². The van der Waals surface area contributed by atoms with Crippen LogP contribution in [0.1, 0.15) is 92.4 Å². The van der Waals surface area contributed by atoms with E-state index in [1.54, 1.807) is 0 Å². The van der Waals surface area contributed by atoms with E-state index in [1.165, 1.54) is 44.1 Å². The van der Waals surface area contributed by atoms with Gasteiger partial charge in [0.25, 0.3) is 0 Å². The molecule has 1 N–H and O–H groups in total. The first kappa shape index (κ1) is 22.4. The molecule has 0 aromatic rings. The predicted molar refractivity (Wildman–Crippen MR) is 128 cm³/mol. The van der Waals surface area contributed by atoms with Gasteiger partial charge in [-0.05, 0) is 111 Å². The van der Waals surface area contributed by atoms with Crippen LogP contribution in [0.5, 0.6) is 0 Å². The molecule has 0 aromatic heterocycles. The molecule has 0 spiro atoms. The molecule has 3 fully saturated rings. The Morgan fingerprint density at radius 1 is 1.13 bits per heavy atom. The van der Waals surface area contributed by atoms with Gasteiger partial charge in [-0.15, -0.1) is 0 Å². The molecule has 168 valence electrons. The van der Waals surface area contributed by atoms with Gasteiger partial charge in [-0.2, -0.15) is 0 Å². The molecule has 0 saturated heterocycles. The van der Waals surface area contributed by atoms with E-state index in [0.29, 0.717) is 28.6 Å². The summed E-state index contributed by atoms with van der Waals surface area (Å²) in [5, 5.41) is 10.3. The molecule has 3 saturated carbocycles. The number of rotatable bonds is 5. The Bertz CT molecular complexity index is 716. The molecule has 4 aliphatic carbocycles. The highest BCUT2D eigenvalue weighted by molar-refractivity contribution is 5.28. The Balaban J connectivity index is 1.54. The van der Waals surface area contributed by atoms with E-state index in [-0.39, 0.29) is 6.10 Å². The summed E-state index contributed by atoms with van der Waals surface area (Å²) in [6, 6.07) is 0. The van der Waals surface area contributed by atoms with Crippen LogP contribution in [0.25, 0.3) is 0 Å². The third kappa shape index (κ3) is 3.58. The number of allylic oxidation sites excluding steroid dienone is 5. The van der Waals surface area contributed by atoms with E-state index in [0.717, 1.165) is 37.0 Å². The zero-order valence-electron chi connectivity index (χ0n) is 20.3. The van der Waals surface area contributed by atoms with Gasteiger partial charge >= 0.3 is 0 Å². The molecule has 0 heterocycles. The van der Waals surface area contributed by atoms with Crippen LogP contribution >= 0.6 is 0 Å². The van der Waals surface area contributed by atoms with Crippen molar-refractivity contribution in [1.29, 1.82) is 0 Å². The van der Waals surface area contributed by atoms with Crippen LogP contribution in [0.3, 0.4) is 0 Å². The Labute approximate surface area is 186 Å². The van der Waals surface area contributed by atoms with Crippen molar-refractivity contribution in [3.05, 3.63) is 36.0 Å². The minimum Gasteiger partial charge on any atom is -0.393 e. The molecular weight excluding hydrogens is 364 g/mol. The molecule has 0 unspecified atom stereocenters. The van der Waals surface area contributed by atoms with E-state index >= 15 is 0 Å². The lowest BCUT2D eigenvalue weighted by atomic mass is 9.47. The fourth-order valence-corrected chi connectivity index (χ4v) is 8.49. The summed E-state index contributed by atoms with van der Waals surface area (Å²) in [6.07, 6.45) is 18.8. The first-order valence-corrected chi connectivity index (χ1v) is 12.9. The van der Waals surface area contributed by atoms with Crippen LogP contribution in [0.15, 0.2) is 36.0 Å². The molecule has 0 amide bonds. The zero-order chi connectivity index (χ0) is 21.7. The third-order valence-corrected chi connectivity index (χ3v) is 10.5.